The van der Waals surface area contributed by atoms with Gasteiger partial charge in [-0.3, -0.25) is 0 Å². The van der Waals surface area contributed by atoms with Gasteiger partial charge in [-0.05, 0) is 45.1 Å². The van der Waals surface area contributed by atoms with Crippen LogP contribution in [0.25, 0.3) is 0 Å². The lowest BCUT2D eigenvalue weighted by atomic mass is 10.0. The molecule has 2 N–H and O–H groups in total. The fourth-order valence-electron chi connectivity index (χ4n) is 2.71. The van der Waals surface area contributed by atoms with Crippen molar-refractivity contribution >= 4 is 17.3 Å². The Kier molecular flexibility index (Phi) is 4.67. The van der Waals surface area contributed by atoms with Gasteiger partial charge in [0.1, 0.15) is 5.82 Å². The van der Waals surface area contributed by atoms with Crippen molar-refractivity contribution in [3.05, 3.63) is 23.5 Å². The van der Waals surface area contributed by atoms with Crippen LogP contribution in [0.1, 0.15) is 23.2 Å². The number of methoxy groups -OCH3 is 1. The van der Waals surface area contributed by atoms with Gasteiger partial charge in [0, 0.05) is 18.8 Å². The summed E-state index contributed by atoms with van der Waals surface area (Å²) < 4.78 is 18.9. The first-order valence-electron chi connectivity index (χ1n) is 7.02. The topological polar surface area (TPSA) is 58.8 Å². The smallest absolute Gasteiger partial charge is 0.340 e. The van der Waals surface area contributed by atoms with Gasteiger partial charge in [0.05, 0.1) is 18.4 Å². The molecule has 0 aliphatic carbocycles. The molecule has 5 nitrogen and oxygen atoms in total. The molecule has 0 bridgehead atoms. The molecule has 2 rings (SSSR count). The number of halogens is 1. The average molecular weight is 295 g/mol. The molecule has 1 fully saturated rings. The number of piperidine rings is 1. The lowest BCUT2D eigenvalue weighted by molar-refractivity contribution is 0.0602. The molecule has 1 aromatic rings. The lowest BCUT2D eigenvalue weighted by Crippen LogP contribution is -2.42. The van der Waals surface area contributed by atoms with E-state index in [1.165, 1.54) is 19.2 Å². The molecule has 1 aliphatic rings. The number of carbonyl (C=O) groups excluding carboxylic acids is 1. The second kappa shape index (κ2) is 6.30. The molecule has 0 radical (unpaired) electrons. The molecule has 21 heavy (non-hydrogen) atoms. The number of anilines is 2. The second-order valence-electron chi connectivity index (χ2n) is 5.53. The monoisotopic (exact) mass is 295 g/mol. The number of likely N-dealkylation sites (tertiary alicyclic amines) is 1. The Balaban J connectivity index is 2.28. The summed E-state index contributed by atoms with van der Waals surface area (Å²) in [7, 11) is 5.21. The van der Waals surface area contributed by atoms with Crippen LogP contribution in [0.5, 0.6) is 0 Å². The molecule has 1 aliphatic heterocycles. The predicted molar refractivity (Wildman–Crippen MR) is 81.1 cm³/mol. The zero-order valence-corrected chi connectivity index (χ0v) is 12.7. The van der Waals surface area contributed by atoms with Gasteiger partial charge in [0.15, 0.2) is 0 Å². The molecule has 0 aromatic heterocycles. The Labute approximate surface area is 124 Å². The molecule has 6 heteroatoms. The number of nitrogens with zero attached hydrogens (tertiary/aromatic N) is 2. The van der Waals surface area contributed by atoms with Crippen molar-refractivity contribution in [3.8, 4) is 0 Å². The predicted octanol–water partition coefficient (Wildman–Crippen LogP) is 1.72. The van der Waals surface area contributed by atoms with E-state index >= 15 is 0 Å². The normalized spacial score (nSPS) is 16.8. The van der Waals surface area contributed by atoms with E-state index in [1.54, 1.807) is 0 Å². The van der Waals surface area contributed by atoms with Crippen molar-refractivity contribution in [1.82, 2.24) is 4.90 Å². The van der Waals surface area contributed by atoms with Gasteiger partial charge in [-0.25, -0.2) is 9.18 Å². The van der Waals surface area contributed by atoms with Crippen LogP contribution in [0.3, 0.4) is 0 Å². The number of ether oxygens (including phenoxy) is 1. The van der Waals surface area contributed by atoms with Crippen molar-refractivity contribution < 1.29 is 13.9 Å². The Morgan fingerprint density at radius 2 is 2.05 bits per heavy atom. The number of carbonyl (C=O) groups is 1. The van der Waals surface area contributed by atoms with Crippen LogP contribution in [-0.2, 0) is 4.74 Å². The van der Waals surface area contributed by atoms with E-state index in [4.69, 9.17) is 5.73 Å². The van der Waals surface area contributed by atoms with E-state index in [-0.39, 0.29) is 17.3 Å². The summed E-state index contributed by atoms with van der Waals surface area (Å²) in [4.78, 5) is 15.8. The molecule has 0 atom stereocenters. The Morgan fingerprint density at radius 3 is 2.62 bits per heavy atom. The Morgan fingerprint density at radius 1 is 1.43 bits per heavy atom. The summed E-state index contributed by atoms with van der Waals surface area (Å²) in [6, 6.07) is 2.92. The molecule has 1 saturated heterocycles. The molecule has 0 saturated carbocycles. The van der Waals surface area contributed by atoms with Gasteiger partial charge >= 0.3 is 5.97 Å². The highest BCUT2D eigenvalue weighted by atomic mass is 19.1. The number of hydrogen-bond acceptors (Lipinski definition) is 5. The van der Waals surface area contributed by atoms with Crippen LogP contribution in [-0.4, -0.2) is 51.2 Å². The maximum Gasteiger partial charge on any atom is 0.340 e. The molecule has 0 amide bonds. The lowest BCUT2D eigenvalue weighted by Gasteiger charge is -2.36. The minimum atomic E-state index is -0.550. The van der Waals surface area contributed by atoms with Crippen LogP contribution in [0, 0.1) is 5.82 Å². The zero-order valence-electron chi connectivity index (χ0n) is 12.7. The van der Waals surface area contributed by atoms with Gasteiger partial charge < -0.3 is 20.3 Å². The number of hydrogen-bond donors (Lipinski definition) is 1. The summed E-state index contributed by atoms with van der Waals surface area (Å²) in [5.41, 5.74) is 6.39. The first kappa shape index (κ1) is 15.6. The summed E-state index contributed by atoms with van der Waals surface area (Å²) in [6.07, 6.45) is 1.93. The molecule has 0 spiro atoms. The van der Waals surface area contributed by atoms with Crippen LogP contribution < -0.4 is 10.6 Å². The third-order valence-corrected chi connectivity index (χ3v) is 4.14. The highest BCUT2D eigenvalue weighted by Crippen LogP contribution is 2.29. The number of nitrogen functional groups attached to an aromatic ring is 1. The Bertz CT molecular complexity index is 528. The molecule has 0 unspecified atom stereocenters. The molecule has 1 aromatic carbocycles. The number of rotatable bonds is 3. The van der Waals surface area contributed by atoms with Gasteiger partial charge in [-0.15, -0.1) is 0 Å². The zero-order chi connectivity index (χ0) is 15.6. The van der Waals surface area contributed by atoms with E-state index in [9.17, 15) is 9.18 Å². The summed E-state index contributed by atoms with van der Waals surface area (Å²) in [5.74, 6) is -0.966. The van der Waals surface area contributed by atoms with Crippen LogP contribution in [0.2, 0.25) is 0 Å². The highest BCUT2D eigenvalue weighted by Gasteiger charge is 2.24. The van der Waals surface area contributed by atoms with Crippen molar-refractivity contribution in [1.29, 1.82) is 0 Å². The average Bonchev–Trinajstić information content (AvgIpc) is 2.47. The molecular weight excluding hydrogens is 273 g/mol. The number of esters is 1. The minimum Gasteiger partial charge on any atom is -0.465 e. The summed E-state index contributed by atoms with van der Waals surface area (Å²) in [6.45, 7) is 1.96. The first-order chi connectivity index (χ1) is 9.93. The first-order valence-corrected chi connectivity index (χ1v) is 7.02. The van der Waals surface area contributed by atoms with Gasteiger partial charge in [-0.1, -0.05) is 0 Å². The summed E-state index contributed by atoms with van der Waals surface area (Å²) in [5, 5.41) is 0. The van der Waals surface area contributed by atoms with Crippen molar-refractivity contribution in [2.45, 2.75) is 18.9 Å². The highest BCUT2D eigenvalue weighted by molar-refractivity contribution is 5.96. The fourth-order valence-corrected chi connectivity index (χ4v) is 2.71. The number of benzene rings is 1. The maximum atomic E-state index is 14.2. The largest absolute Gasteiger partial charge is 0.465 e. The van der Waals surface area contributed by atoms with Gasteiger partial charge in [-0.2, -0.15) is 0 Å². The molecular formula is C15H22FN3O2. The summed E-state index contributed by atoms with van der Waals surface area (Å²) >= 11 is 0. The minimum absolute atomic E-state index is 0.0971. The molecule has 116 valence electrons. The quantitative estimate of drug-likeness (QED) is 0.680. The van der Waals surface area contributed by atoms with Crippen molar-refractivity contribution in [2.24, 2.45) is 0 Å². The van der Waals surface area contributed by atoms with E-state index in [0.29, 0.717) is 5.69 Å². The Hall–Kier alpha value is -1.82. The van der Waals surface area contributed by atoms with Crippen LogP contribution in [0.4, 0.5) is 15.8 Å². The van der Waals surface area contributed by atoms with E-state index in [0.717, 1.165) is 25.9 Å². The molecule has 1 heterocycles. The van der Waals surface area contributed by atoms with Crippen molar-refractivity contribution in [3.63, 3.8) is 0 Å². The SMILES string of the molecule is COC(=O)c1cc(N(C)C2CCN(C)CC2)c(F)cc1N. The maximum absolute atomic E-state index is 14.2. The van der Waals surface area contributed by atoms with Crippen LogP contribution in [0.15, 0.2) is 12.1 Å². The third-order valence-electron chi connectivity index (χ3n) is 4.14. The van der Waals surface area contributed by atoms with Crippen LogP contribution >= 0.6 is 0 Å². The van der Waals surface area contributed by atoms with E-state index < -0.39 is 11.8 Å². The van der Waals surface area contributed by atoms with Gasteiger partial charge in [0.25, 0.3) is 0 Å². The van der Waals surface area contributed by atoms with E-state index in [1.807, 2.05) is 11.9 Å². The fraction of sp³-hybridized carbons (Fsp3) is 0.533. The van der Waals surface area contributed by atoms with Crippen molar-refractivity contribution in [2.75, 3.05) is 44.9 Å². The standard InChI is InChI=1S/C15H22FN3O2/c1-18-6-4-10(5-7-18)19(2)14-8-11(15(20)21-3)13(17)9-12(14)16/h8-10H,4-7,17H2,1-3H3. The van der Waals surface area contributed by atoms with E-state index in [2.05, 4.69) is 16.7 Å². The second-order valence-corrected chi connectivity index (χ2v) is 5.53. The van der Waals surface area contributed by atoms with Gasteiger partial charge in [0.2, 0.25) is 0 Å². The third kappa shape index (κ3) is 3.26. The number of nitrogens with two attached hydrogens (primary N) is 1.